The van der Waals surface area contributed by atoms with E-state index in [1.165, 1.54) is 6.07 Å². The maximum atomic E-state index is 13.3. The van der Waals surface area contributed by atoms with Crippen molar-refractivity contribution in [3.63, 3.8) is 0 Å². The van der Waals surface area contributed by atoms with E-state index in [-0.39, 0.29) is 11.5 Å². The van der Waals surface area contributed by atoms with Crippen LogP contribution in [0.4, 0.5) is 8.78 Å². The lowest BCUT2D eigenvalue weighted by Gasteiger charge is -2.41. The third-order valence-corrected chi connectivity index (χ3v) is 5.53. The molecular weight excluding hydrogens is 324 g/mol. The number of likely N-dealkylation sites (N-methyl/N-ethyl adjacent to an activating group) is 1. The first-order chi connectivity index (χ1) is 11.9. The molecule has 0 aromatic heterocycles. The van der Waals surface area contributed by atoms with Crippen molar-refractivity contribution in [3.05, 3.63) is 35.4 Å². The second-order valence-corrected chi connectivity index (χ2v) is 7.47. The van der Waals surface area contributed by atoms with Crippen LogP contribution in [0.1, 0.15) is 30.1 Å². The van der Waals surface area contributed by atoms with E-state index in [1.54, 1.807) is 4.90 Å². The van der Waals surface area contributed by atoms with E-state index in [1.807, 2.05) is 0 Å². The molecule has 25 heavy (non-hydrogen) atoms. The van der Waals surface area contributed by atoms with Crippen molar-refractivity contribution in [1.82, 2.24) is 14.7 Å². The highest BCUT2D eigenvalue weighted by molar-refractivity contribution is 5.94. The molecule has 6 heteroatoms. The molecule has 1 unspecified atom stereocenters. The quantitative estimate of drug-likeness (QED) is 0.837. The summed E-state index contributed by atoms with van der Waals surface area (Å²) in [5.74, 6) is -1.49. The maximum absolute atomic E-state index is 13.3. The summed E-state index contributed by atoms with van der Waals surface area (Å²) in [7, 11) is 2.16. The molecule has 0 N–H and O–H groups in total. The molecule has 0 saturated carbocycles. The van der Waals surface area contributed by atoms with Gasteiger partial charge in [0.15, 0.2) is 11.6 Å². The number of piperazine rings is 1. The number of rotatable bonds is 3. The topological polar surface area (TPSA) is 26.8 Å². The van der Waals surface area contributed by atoms with Crippen molar-refractivity contribution in [3.8, 4) is 0 Å². The molecular formula is C19H27F2N3O. The molecule has 1 amide bonds. The second-order valence-electron chi connectivity index (χ2n) is 7.47. The van der Waals surface area contributed by atoms with Crippen molar-refractivity contribution in [1.29, 1.82) is 0 Å². The SMILES string of the molecule is CC1CN(C)CCN1CC1CCN(C(=O)c2ccc(F)c(F)c2)CC1. The molecule has 2 aliphatic rings. The second kappa shape index (κ2) is 7.79. The monoisotopic (exact) mass is 351 g/mol. The summed E-state index contributed by atoms with van der Waals surface area (Å²) in [4.78, 5) is 19.1. The predicted octanol–water partition coefficient (Wildman–Crippen LogP) is 2.45. The van der Waals surface area contributed by atoms with Crippen LogP contribution in [0, 0.1) is 17.6 Å². The van der Waals surface area contributed by atoms with E-state index in [4.69, 9.17) is 0 Å². The Morgan fingerprint density at radius 2 is 1.84 bits per heavy atom. The number of carbonyl (C=O) groups excluding carboxylic acids is 1. The van der Waals surface area contributed by atoms with E-state index >= 15 is 0 Å². The van der Waals surface area contributed by atoms with E-state index in [9.17, 15) is 13.6 Å². The lowest BCUT2D eigenvalue weighted by molar-refractivity contribution is 0.0556. The van der Waals surface area contributed by atoms with Crippen LogP contribution >= 0.6 is 0 Å². The summed E-state index contributed by atoms with van der Waals surface area (Å²) in [6.45, 7) is 8.05. The number of hydrogen-bond donors (Lipinski definition) is 0. The summed E-state index contributed by atoms with van der Waals surface area (Å²) >= 11 is 0. The predicted molar refractivity (Wildman–Crippen MR) is 93.5 cm³/mol. The van der Waals surface area contributed by atoms with Crippen LogP contribution in [0.15, 0.2) is 18.2 Å². The first-order valence-electron chi connectivity index (χ1n) is 9.11. The van der Waals surface area contributed by atoms with E-state index in [2.05, 4.69) is 23.8 Å². The minimum Gasteiger partial charge on any atom is -0.339 e. The molecule has 1 aromatic carbocycles. The molecule has 2 heterocycles. The summed E-state index contributed by atoms with van der Waals surface area (Å²) in [6, 6.07) is 3.94. The van der Waals surface area contributed by atoms with Crippen molar-refractivity contribution < 1.29 is 13.6 Å². The minimum atomic E-state index is -0.968. The Labute approximate surface area is 148 Å². The maximum Gasteiger partial charge on any atom is 0.253 e. The highest BCUT2D eigenvalue weighted by Gasteiger charge is 2.28. The zero-order chi connectivity index (χ0) is 18.0. The zero-order valence-corrected chi connectivity index (χ0v) is 15.0. The molecule has 138 valence electrons. The van der Waals surface area contributed by atoms with Gasteiger partial charge in [0, 0.05) is 50.9 Å². The van der Waals surface area contributed by atoms with Crippen molar-refractivity contribution in [2.45, 2.75) is 25.8 Å². The highest BCUT2D eigenvalue weighted by atomic mass is 19.2. The lowest BCUT2D eigenvalue weighted by Crippen LogP contribution is -2.52. The molecule has 0 aliphatic carbocycles. The first-order valence-corrected chi connectivity index (χ1v) is 9.11. The summed E-state index contributed by atoms with van der Waals surface area (Å²) in [5, 5.41) is 0. The van der Waals surface area contributed by atoms with Gasteiger partial charge in [-0.2, -0.15) is 0 Å². The third-order valence-electron chi connectivity index (χ3n) is 5.53. The molecule has 1 aromatic rings. The van der Waals surface area contributed by atoms with Crippen LogP contribution in [-0.4, -0.2) is 73.0 Å². The Morgan fingerprint density at radius 3 is 2.48 bits per heavy atom. The lowest BCUT2D eigenvalue weighted by atomic mass is 9.94. The fourth-order valence-electron chi connectivity index (χ4n) is 3.91. The standard InChI is InChI=1S/C19H27F2N3O/c1-14-12-22(2)9-10-24(14)13-15-5-7-23(8-6-15)19(25)16-3-4-17(20)18(21)11-16/h3-4,11,14-15H,5-10,12-13H2,1-2H3. The van der Waals surface area contributed by atoms with Gasteiger partial charge >= 0.3 is 0 Å². The molecule has 2 aliphatic heterocycles. The van der Waals surface area contributed by atoms with Gasteiger partial charge in [-0.05, 0) is 50.9 Å². The van der Waals surface area contributed by atoms with Gasteiger partial charge in [0.2, 0.25) is 0 Å². The molecule has 4 nitrogen and oxygen atoms in total. The molecule has 0 radical (unpaired) electrons. The van der Waals surface area contributed by atoms with Gasteiger partial charge in [-0.1, -0.05) is 0 Å². The molecule has 1 atom stereocenters. The normalized spacial score (nSPS) is 23.8. The van der Waals surface area contributed by atoms with Gasteiger partial charge in [-0.3, -0.25) is 9.69 Å². The van der Waals surface area contributed by atoms with Gasteiger partial charge < -0.3 is 9.80 Å². The van der Waals surface area contributed by atoms with Gasteiger partial charge in [0.1, 0.15) is 0 Å². The molecule has 0 spiro atoms. The van der Waals surface area contributed by atoms with E-state index < -0.39 is 11.6 Å². The molecule has 3 rings (SSSR count). The van der Waals surface area contributed by atoms with Crippen molar-refractivity contribution >= 4 is 5.91 Å². The van der Waals surface area contributed by atoms with Gasteiger partial charge in [-0.25, -0.2) is 8.78 Å². The van der Waals surface area contributed by atoms with E-state index in [0.717, 1.165) is 51.2 Å². The number of benzene rings is 1. The Kier molecular flexibility index (Phi) is 5.69. The number of likely N-dealkylation sites (tertiary alicyclic amines) is 1. The Morgan fingerprint density at radius 1 is 1.12 bits per heavy atom. The van der Waals surface area contributed by atoms with Crippen LogP contribution in [0.5, 0.6) is 0 Å². The highest BCUT2D eigenvalue weighted by Crippen LogP contribution is 2.22. The Bertz CT molecular complexity index is 617. The number of carbonyl (C=O) groups is 1. The van der Waals surface area contributed by atoms with Crippen LogP contribution in [0.25, 0.3) is 0 Å². The zero-order valence-electron chi connectivity index (χ0n) is 15.0. The van der Waals surface area contributed by atoms with Gasteiger partial charge in [0.05, 0.1) is 0 Å². The van der Waals surface area contributed by atoms with Crippen LogP contribution in [0.2, 0.25) is 0 Å². The van der Waals surface area contributed by atoms with Crippen LogP contribution in [-0.2, 0) is 0 Å². The summed E-state index contributed by atoms with van der Waals surface area (Å²) < 4.78 is 26.4. The van der Waals surface area contributed by atoms with Crippen LogP contribution < -0.4 is 0 Å². The third kappa shape index (κ3) is 4.36. The minimum absolute atomic E-state index is 0.203. The largest absolute Gasteiger partial charge is 0.339 e. The first kappa shape index (κ1) is 18.3. The Hall–Kier alpha value is -1.53. The number of halogens is 2. The molecule has 2 fully saturated rings. The average molecular weight is 351 g/mol. The van der Waals surface area contributed by atoms with Crippen LogP contribution in [0.3, 0.4) is 0 Å². The smallest absolute Gasteiger partial charge is 0.253 e. The fourth-order valence-corrected chi connectivity index (χ4v) is 3.91. The van der Waals surface area contributed by atoms with Crippen molar-refractivity contribution in [2.75, 3.05) is 46.3 Å². The van der Waals surface area contributed by atoms with Crippen molar-refractivity contribution in [2.24, 2.45) is 5.92 Å². The average Bonchev–Trinajstić information content (AvgIpc) is 2.60. The Balaban J connectivity index is 1.51. The van der Waals surface area contributed by atoms with Gasteiger partial charge in [0.25, 0.3) is 5.91 Å². The number of nitrogens with zero attached hydrogens (tertiary/aromatic N) is 3. The summed E-state index contributed by atoms with van der Waals surface area (Å²) in [6.07, 6.45) is 1.93. The summed E-state index contributed by atoms with van der Waals surface area (Å²) in [5.41, 5.74) is 0.227. The molecule has 2 saturated heterocycles. The van der Waals surface area contributed by atoms with Gasteiger partial charge in [-0.15, -0.1) is 0 Å². The number of piperidine rings is 1. The van der Waals surface area contributed by atoms with E-state index in [0.29, 0.717) is 25.0 Å². The molecule has 0 bridgehead atoms. The number of hydrogen-bond acceptors (Lipinski definition) is 3. The number of amides is 1. The fraction of sp³-hybridized carbons (Fsp3) is 0.632.